The second kappa shape index (κ2) is 9.14. The molecule has 132 valence electrons. The fourth-order valence-corrected chi connectivity index (χ4v) is 3.37. The normalized spacial score (nSPS) is 22.9. The van der Waals surface area contributed by atoms with Crippen LogP contribution < -0.4 is 0 Å². The van der Waals surface area contributed by atoms with Crippen LogP contribution in [0.1, 0.15) is 57.9 Å². The van der Waals surface area contributed by atoms with Gasteiger partial charge in [-0.05, 0) is 38.7 Å². The fraction of sp³-hybridized carbons (Fsp3) is 0.571. The minimum Gasteiger partial charge on any atom is -0.347 e. The molecule has 24 heavy (non-hydrogen) atoms. The Hall–Kier alpha value is -1.45. The van der Waals surface area contributed by atoms with Crippen molar-refractivity contribution in [3.05, 3.63) is 48.6 Å². The average Bonchev–Trinajstić information content (AvgIpc) is 2.51. The highest BCUT2D eigenvalue weighted by atomic mass is 16.7. The maximum Gasteiger partial charge on any atom is 0.163 e. The first kappa shape index (κ1) is 18.9. The third kappa shape index (κ3) is 6.58. The van der Waals surface area contributed by atoms with Gasteiger partial charge in [-0.3, -0.25) is 4.79 Å². The molecule has 0 unspecified atom stereocenters. The van der Waals surface area contributed by atoms with Crippen LogP contribution in [0.4, 0.5) is 0 Å². The largest absolute Gasteiger partial charge is 0.347 e. The molecule has 0 aromatic heterocycles. The first-order chi connectivity index (χ1) is 11.5. The van der Waals surface area contributed by atoms with Gasteiger partial charge in [0.05, 0.1) is 12.2 Å². The molecule has 1 aromatic carbocycles. The molecule has 1 aromatic rings. The summed E-state index contributed by atoms with van der Waals surface area (Å²) in [4.78, 5) is 11.9. The number of allylic oxidation sites excluding steroid dienone is 1. The van der Waals surface area contributed by atoms with E-state index in [-0.39, 0.29) is 18.0 Å². The predicted octanol–water partition coefficient (Wildman–Crippen LogP) is 4.84. The second-order valence-electron chi connectivity index (χ2n) is 7.08. The van der Waals surface area contributed by atoms with Gasteiger partial charge in [0.1, 0.15) is 5.78 Å². The van der Waals surface area contributed by atoms with E-state index in [0.29, 0.717) is 12.8 Å². The van der Waals surface area contributed by atoms with Crippen LogP contribution in [0.5, 0.6) is 0 Å². The van der Waals surface area contributed by atoms with Gasteiger partial charge in [0.15, 0.2) is 5.79 Å². The molecule has 0 spiro atoms. The van der Waals surface area contributed by atoms with Gasteiger partial charge in [-0.1, -0.05) is 42.8 Å². The van der Waals surface area contributed by atoms with Crippen molar-refractivity contribution < 1.29 is 14.3 Å². The molecule has 0 aliphatic carbocycles. The Bertz CT molecular complexity index is 521. The zero-order valence-corrected chi connectivity index (χ0v) is 15.0. The number of carbonyl (C=O) groups is 1. The Balaban J connectivity index is 1.76. The summed E-state index contributed by atoms with van der Waals surface area (Å²) in [6.45, 7) is 7.50. The Kier molecular flexibility index (Phi) is 7.19. The van der Waals surface area contributed by atoms with Crippen molar-refractivity contribution in [2.75, 3.05) is 0 Å². The van der Waals surface area contributed by atoms with E-state index >= 15 is 0 Å². The fourth-order valence-electron chi connectivity index (χ4n) is 3.37. The van der Waals surface area contributed by atoms with Gasteiger partial charge in [-0.15, -0.1) is 6.58 Å². The molecule has 3 nitrogen and oxygen atoms in total. The Labute approximate surface area is 146 Å². The number of aryl methyl sites for hydroxylation is 1. The lowest BCUT2D eigenvalue weighted by Gasteiger charge is -2.40. The van der Waals surface area contributed by atoms with E-state index in [1.165, 1.54) is 5.56 Å². The van der Waals surface area contributed by atoms with Crippen molar-refractivity contribution in [2.24, 2.45) is 0 Å². The van der Waals surface area contributed by atoms with Crippen molar-refractivity contribution in [3.63, 3.8) is 0 Å². The molecule has 1 fully saturated rings. The standard InChI is InChI=1S/C21H30O3/c1-4-10-18(22)15-20-16-19(23-21(2,3)24-20)14-9-8-13-17-11-6-5-7-12-17/h4-7,11-12,19-20H,1,8-10,13-16H2,2-3H3/t19-,20+/m1/s1. The summed E-state index contributed by atoms with van der Waals surface area (Å²) in [5, 5.41) is 0. The number of ketones is 1. The van der Waals surface area contributed by atoms with Crippen LogP contribution in [0, 0.1) is 0 Å². The van der Waals surface area contributed by atoms with Gasteiger partial charge >= 0.3 is 0 Å². The topological polar surface area (TPSA) is 35.5 Å². The number of hydrogen-bond acceptors (Lipinski definition) is 3. The lowest BCUT2D eigenvalue weighted by atomic mass is 9.97. The molecule has 1 heterocycles. The van der Waals surface area contributed by atoms with Gasteiger partial charge in [0, 0.05) is 19.3 Å². The molecule has 0 bridgehead atoms. The van der Waals surface area contributed by atoms with E-state index in [4.69, 9.17) is 9.47 Å². The number of benzene rings is 1. The van der Waals surface area contributed by atoms with Crippen molar-refractivity contribution in [1.29, 1.82) is 0 Å². The number of rotatable bonds is 9. The van der Waals surface area contributed by atoms with E-state index < -0.39 is 5.79 Å². The summed E-state index contributed by atoms with van der Waals surface area (Å²) in [6.07, 6.45) is 7.88. The maximum absolute atomic E-state index is 11.9. The molecular formula is C21H30O3. The average molecular weight is 330 g/mol. The van der Waals surface area contributed by atoms with E-state index in [9.17, 15) is 4.79 Å². The molecule has 1 aliphatic heterocycles. The third-order valence-corrected chi connectivity index (χ3v) is 4.34. The van der Waals surface area contributed by atoms with E-state index in [0.717, 1.165) is 32.1 Å². The van der Waals surface area contributed by atoms with Crippen LogP contribution in [0.15, 0.2) is 43.0 Å². The molecule has 2 rings (SSSR count). The first-order valence-corrected chi connectivity index (χ1v) is 9.00. The van der Waals surface area contributed by atoms with Crippen LogP contribution in [-0.2, 0) is 20.7 Å². The highest BCUT2D eigenvalue weighted by molar-refractivity contribution is 5.80. The summed E-state index contributed by atoms with van der Waals surface area (Å²) in [5.74, 6) is -0.419. The number of carbonyl (C=O) groups excluding carboxylic acids is 1. The quantitative estimate of drug-likeness (QED) is 0.480. The highest BCUT2D eigenvalue weighted by Gasteiger charge is 2.35. The van der Waals surface area contributed by atoms with Crippen molar-refractivity contribution in [2.45, 2.75) is 76.8 Å². The highest BCUT2D eigenvalue weighted by Crippen LogP contribution is 2.31. The van der Waals surface area contributed by atoms with Crippen LogP contribution in [0.25, 0.3) is 0 Å². The van der Waals surface area contributed by atoms with Crippen LogP contribution >= 0.6 is 0 Å². The molecule has 0 amide bonds. The van der Waals surface area contributed by atoms with E-state index in [1.54, 1.807) is 6.08 Å². The van der Waals surface area contributed by atoms with Crippen LogP contribution in [0.2, 0.25) is 0 Å². The number of unbranched alkanes of at least 4 members (excludes halogenated alkanes) is 1. The van der Waals surface area contributed by atoms with Crippen LogP contribution in [-0.4, -0.2) is 23.8 Å². The molecular weight excluding hydrogens is 300 g/mol. The molecule has 1 saturated heterocycles. The summed E-state index contributed by atoms with van der Waals surface area (Å²) < 4.78 is 12.0. The van der Waals surface area contributed by atoms with Gasteiger partial charge < -0.3 is 9.47 Å². The Morgan fingerprint density at radius 3 is 2.62 bits per heavy atom. The van der Waals surface area contributed by atoms with Crippen molar-refractivity contribution >= 4 is 5.78 Å². The molecule has 0 N–H and O–H groups in total. The summed E-state index contributed by atoms with van der Waals surface area (Å²) in [5.41, 5.74) is 1.39. The van der Waals surface area contributed by atoms with Crippen molar-refractivity contribution in [1.82, 2.24) is 0 Å². The van der Waals surface area contributed by atoms with Gasteiger partial charge in [0.25, 0.3) is 0 Å². The summed E-state index contributed by atoms with van der Waals surface area (Å²) >= 11 is 0. The van der Waals surface area contributed by atoms with E-state index in [2.05, 4.69) is 36.9 Å². The first-order valence-electron chi connectivity index (χ1n) is 9.00. The zero-order chi connectivity index (χ0) is 17.4. The predicted molar refractivity (Wildman–Crippen MR) is 96.9 cm³/mol. The zero-order valence-electron chi connectivity index (χ0n) is 15.0. The van der Waals surface area contributed by atoms with Crippen molar-refractivity contribution in [3.8, 4) is 0 Å². The molecule has 2 atom stereocenters. The monoisotopic (exact) mass is 330 g/mol. The molecule has 3 heteroatoms. The lowest BCUT2D eigenvalue weighted by molar-refractivity contribution is -0.299. The van der Waals surface area contributed by atoms with Gasteiger partial charge in [-0.25, -0.2) is 0 Å². The minimum absolute atomic E-state index is 0.0414. The number of hydrogen-bond donors (Lipinski definition) is 0. The molecule has 1 aliphatic rings. The number of ether oxygens (including phenoxy) is 2. The Morgan fingerprint density at radius 2 is 1.92 bits per heavy atom. The van der Waals surface area contributed by atoms with Gasteiger partial charge in [-0.2, -0.15) is 0 Å². The minimum atomic E-state index is -0.610. The smallest absolute Gasteiger partial charge is 0.163 e. The van der Waals surface area contributed by atoms with E-state index in [1.807, 2.05) is 13.8 Å². The lowest BCUT2D eigenvalue weighted by Crippen LogP contribution is -2.45. The SMILES string of the molecule is C=CCC(=O)C[C@H]1C[C@@H](CCCCc2ccccc2)OC(C)(C)O1. The maximum atomic E-state index is 11.9. The summed E-state index contributed by atoms with van der Waals surface area (Å²) in [6, 6.07) is 10.6. The second-order valence-corrected chi connectivity index (χ2v) is 7.08. The Morgan fingerprint density at radius 1 is 1.21 bits per heavy atom. The van der Waals surface area contributed by atoms with Crippen LogP contribution in [0.3, 0.4) is 0 Å². The molecule has 0 saturated carbocycles. The summed E-state index contributed by atoms with van der Waals surface area (Å²) in [7, 11) is 0. The number of Topliss-reactive ketones (excluding diaryl/α,β-unsaturated/α-hetero) is 1. The third-order valence-electron chi connectivity index (χ3n) is 4.34. The van der Waals surface area contributed by atoms with Gasteiger partial charge in [0.2, 0.25) is 0 Å². The molecule has 0 radical (unpaired) electrons.